The molecule has 36 heavy (non-hydrogen) atoms. The van der Waals surface area contributed by atoms with Crippen molar-refractivity contribution in [1.82, 2.24) is 4.57 Å². The molecule has 0 unspecified atom stereocenters. The van der Waals surface area contributed by atoms with Gasteiger partial charge in [0.25, 0.3) is 5.91 Å². The molecule has 5 nitrogen and oxygen atoms in total. The standard InChI is InChI=1S/C29H21ClFNO4/c30-19-8-9-21-23(16-32(25(21)15-19)27(34)18-4-3-5-20(31)14-18)26(33)17-10-12-29(13-11-17)24-7-2-1-6-22(24)28(35)36-29/h1-9,14-17H,10-13H2. The summed E-state index contributed by atoms with van der Waals surface area (Å²) in [5.74, 6) is -1.62. The molecule has 0 bridgehead atoms. The van der Waals surface area contributed by atoms with Crippen LogP contribution in [0.15, 0.2) is 72.9 Å². The predicted molar refractivity (Wildman–Crippen MR) is 133 cm³/mol. The summed E-state index contributed by atoms with van der Waals surface area (Å²) in [7, 11) is 0. The Morgan fingerprint density at radius 3 is 2.56 bits per heavy atom. The quantitative estimate of drug-likeness (QED) is 0.235. The van der Waals surface area contributed by atoms with Crippen molar-refractivity contribution in [3.8, 4) is 0 Å². The fourth-order valence-electron chi connectivity index (χ4n) is 5.61. The lowest BCUT2D eigenvalue weighted by atomic mass is 9.73. The van der Waals surface area contributed by atoms with Gasteiger partial charge in [-0.05, 0) is 62.1 Å². The largest absolute Gasteiger partial charge is 0.451 e. The minimum Gasteiger partial charge on any atom is -0.451 e. The molecular formula is C29H21ClFNO4. The van der Waals surface area contributed by atoms with Crippen LogP contribution < -0.4 is 0 Å². The van der Waals surface area contributed by atoms with E-state index in [1.165, 1.54) is 35.0 Å². The van der Waals surface area contributed by atoms with E-state index in [1.807, 2.05) is 18.2 Å². The third kappa shape index (κ3) is 3.56. The van der Waals surface area contributed by atoms with Gasteiger partial charge in [0.2, 0.25) is 0 Å². The Balaban J connectivity index is 1.32. The first-order valence-electron chi connectivity index (χ1n) is 11.8. The van der Waals surface area contributed by atoms with Gasteiger partial charge >= 0.3 is 5.97 Å². The number of benzene rings is 3. The van der Waals surface area contributed by atoms with Crippen LogP contribution in [0.5, 0.6) is 0 Å². The predicted octanol–water partition coefficient (Wildman–Crippen LogP) is 6.56. The van der Waals surface area contributed by atoms with Crippen LogP contribution in [0.1, 0.15) is 62.3 Å². The highest BCUT2D eigenvalue weighted by Gasteiger charge is 2.48. The lowest BCUT2D eigenvalue weighted by Gasteiger charge is -2.36. The van der Waals surface area contributed by atoms with E-state index in [9.17, 15) is 18.8 Å². The Kier molecular flexibility index (Phi) is 5.30. The first-order chi connectivity index (χ1) is 17.4. The Morgan fingerprint density at radius 1 is 1.00 bits per heavy atom. The van der Waals surface area contributed by atoms with Crippen molar-refractivity contribution >= 4 is 40.2 Å². The molecule has 2 aliphatic rings. The first-order valence-corrected chi connectivity index (χ1v) is 12.2. The minimum absolute atomic E-state index is 0.0689. The van der Waals surface area contributed by atoms with E-state index in [2.05, 4.69) is 0 Å². The van der Waals surface area contributed by atoms with Crippen LogP contribution in [0, 0.1) is 11.7 Å². The van der Waals surface area contributed by atoms with E-state index in [-0.39, 0.29) is 23.2 Å². The number of halogens is 2. The number of carbonyl (C=O) groups excluding carboxylic acids is 3. The van der Waals surface area contributed by atoms with Crippen LogP contribution in [0.2, 0.25) is 5.02 Å². The van der Waals surface area contributed by atoms with Crippen molar-refractivity contribution in [3.05, 3.63) is 106 Å². The fourth-order valence-corrected chi connectivity index (χ4v) is 5.77. The van der Waals surface area contributed by atoms with Gasteiger partial charge in [0.1, 0.15) is 11.4 Å². The summed E-state index contributed by atoms with van der Waals surface area (Å²) >= 11 is 6.22. The molecule has 6 rings (SSSR count). The van der Waals surface area contributed by atoms with Crippen molar-refractivity contribution in [1.29, 1.82) is 0 Å². The van der Waals surface area contributed by atoms with Crippen molar-refractivity contribution in [2.75, 3.05) is 0 Å². The number of ketones is 1. The molecule has 1 saturated carbocycles. The average Bonchev–Trinajstić information content (AvgIpc) is 3.39. The highest BCUT2D eigenvalue weighted by atomic mass is 35.5. The summed E-state index contributed by atoms with van der Waals surface area (Å²) in [6, 6.07) is 17.9. The maximum atomic E-state index is 13.8. The number of carbonyl (C=O) groups is 3. The second kappa shape index (κ2) is 8.42. The zero-order valence-electron chi connectivity index (χ0n) is 19.2. The van der Waals surface area contributed by atoms with Crippen LogP contribution in [0.3, 0.4) is 0 Å². The third-order valence-corrected chi connectivity index (χ3v) is 7.65. The van der Waals surface area contributed by atoms with Gasteiger partial charge in [-0.25, -0.2) is 9.18 Å². The molecule has 0 N–H and O–H groups in total. The van der Waals surface area contributed by atoms with Crippen LogP contribution in [-0.2, 0) is 10.3 Å². The molecule has 4 aromatic rings. The maximum Gasteiger partial charge on any atom is 0.339 e. The molecule has 7 heteroatoms. The molecule has 180 valence electrons. The summed E-state index contributed by atoms with van der Waals surface area (Å²) in [6.07, 6.45) is 3.75. The van der Waals surface area contributed by atoms with Crippen molar-refractivity contribution in [2.45, 2.75) is 31.3 Å². The lowest BCUT2D eigenvalue weighted by molar-refractivity contribution is -0.0337. The number of hydrogen-bond acceptors (Lipinski definition) is 4. The highest BCUT2D eigenvalue weighted by molar-refractivity contribution is 6.31. The van der Waals surface area contributed by atoms with E-state index in [0.29, 0.717) is 52.7 Å². The zero-order chi connectivity index (χ0) is 25.0. The monoisotopic (exact) mass is 501 g/mol. The summed E-state index contributed by atoms with van der Waals surface area (Å²) in [5.41, 5.74) is 1.90. The molecule has 0 radical (unpaired) electrons. The summed E-state index contributed by atoms with van der Waals surface area (Å²) < 4.78 is 21.0. The van der Waals surface area contributed by atoms with Crippen molar-refractivity contribution < 1.29 is 23.5 Å². The topological polar surface area (TPSA) is 65.4 Å². The van der Waals surface area contributed by atoms with Gasteiger partial charge in [-0.15, -0.1) is 0 Å². The van der Waals surface area contributed by atoms with Gasteiger partial charge in [0, 0.05) is 39.2 Å². The van der Waals surface area contributed by atoms with Crippen molar-refractivity contribution in [2.24, 2.45) is 5.92 Å². The molecule has 1 aromatic heterocycles. The molecule has 1 spiro atoms. The lowest BCUT2D eigenvalue weighted by Crippen LogP contribution is -2.34. The number of fused-ring (bicyclic) bond motifs is 3. The fraction of sp³-hybridized carbons (Fsp3) is 0.207. The third-order valence-electron chi connectivity index (χ3n) is 7.41. The average molecular weight is 502 g/mol. The molecular weight excluding hydrogens is 481 g/mol. The second-order valence-electron chi connectivity index (χ2n) is 9.46. The molecule has 2 heterocycles. The Hall–Kier alpha value is -3.77. The Labute approximate surface area is 211 Å². The Bertz CT molecular complexity index is 1560. The number of aromatic nitrogens is 1. The van der Waals surface area contributed by atoms with Crippen LogP contribution in [0.25, 0.3) is 10.9 Å². The molecule has 0 amide bonds. The number of esters is 1. The molecule has 1 fully saturated rings. The van der Waals surface area contributed by atoms with Gasteiger partial charge < -0.3 is 4.74 Å². The zero-order valence-corrected chi connectivity index (χ0v) is 19.9. The van der Waals surface area contributed by atoms with Crippen LogP contribution in [-0.4, -0.2) is 22.2 Å². The molecule has 0 atom stereocenters. The van der Waals surface area contributed by atoms with E-state index >= 15 is 0 Å². The molecule has 0 saturated heterocycles. The van der Waals surface area contributed by atoms with Gasteiger partial charge in [0.15, 0.2) is 5.78 Å². The first kappa shape index (κ1) is 22.7. The molecule has 1 aliphatic heterocycles. The minimum atomic E-state index is -0.681. The SMILES string of the molecule is O=C1OC2(CCC(C(=O)c3cn(C(=O)c4cccc(F)c4)c4cc(Cl)ccc34)CC2)c2ccccc21. The van der Waals surface area contributed by atoms with E-state index in [4.69, 9.17) is 16.3 Å². The number of ether oxygens (including phenoxy) is 1. The summed E-state index contributed by atoms with van der Waals surface area (Å²) in [5, 5.41) is 1.04. The van der Waals surface area contributed by atoms with Crippen molar-refractivity contribution in [3.63, 3.8) is 0 Å². The van der Waals surface area contributed by atoms with E-state index < -0.39 is 17.3 Å². The molecule has 1 aliphatic carbocycles. The van der Waals surface area contributed by atoms with Gasteiger partial charge in [-0.1, -0.05) is 41.9 Å². The summed E-state index contributed by atoms with van der Waals surface area (Å²) in [6.45, 7) is 0. The van der Waals surface area contributed by atoms with E-state index in [0.717, 1.165) is 5.56 Å². The van der Waals surface area contributed by atoms with E-state index in [1.54, 1.807) is 24.3 Å². The maximum absolute atomic E-state index is 13.8. The van der Waals surface area contributed by atoms with Gasteiger partial charge in [-0.2, -0.15) is 0 Å². The number of hydrogen-bond donors (Lipinski definition) is 0. The van der Waals surface area contributed by atoms with Crippen LogP contribution in [0.4, 0.5) is 4.39 Å². The number of rotatable bonds is 3. The van der Waals surface area contributed by atoms with Crippen LogP contribution >= 0.6 is 11.6 Å². The second-order valence-corrected chi connectivity index (χ2v) is 9.89. The number of Topliss-reactive ketones (excluding diaryl/α,β-unsaturated/α-hetero) is 1. The van der Waals surface area contributed by atoms with Gasteiger partial charge in [0.05, 0.1) is 11.1 Å². The Morgan fingerprint density at radius 2 is 1.78 bits per heavy atom. The summed E-state index contributed by atoms with van der Waals surface area (Å²) in [4.78, 5) is 39.4. The normalized spacial score (nSPS) is 20.9. The molecule has 3 aromatic carbocycles. The number of nitrogens with zero attached hydrogens (tertiary/aromatic N) is 1. The van der Waals surface area contributed by atoms with Gasteiger partial charge in [-0.3, -0.25) is 14.2 Å². The highest BCUT2D eigenvalue weighted by Crippen LogP contribution is 2.48. The smallest absolute Gasteiger partial charge is 0.339 e.